The van der Waals surface area contributed by atoms with E-state index < -0.39 is 23.2 Å². The van der Waals surface area contributed by atoms with E-state index in [4.69, 9.17) is 4.84 Å². The Kier molecular flexibility index (Phi) is 3.70. The maximum Gasteiger partial charge on any atom is 0.273 e. The van der Waals surface area contributed by atoms with Crippen molar-refractivity contribution in [1.82, 2.24) is 5.48 Å². The Morgan fingerprint density at radius 1 is 1.08 bits per heavy atom. The lowest BCUT2D eigenvalue weighted by molar-refractivity contribution is -0.136. The number of hydrogen-bond acceptors (Lipinski definition) is 4. The summed E-state index contributed by atoms with van der Waals surface area (Å²) < 4.78 is 14.0. The lowest BCUT2D eigenvalue weighted by atomic mass is 9.99. The highest BCUT2D eigenvalue weighted by Crippen LogP contribution is 2.38. The molecule has 25 heavy (non-hydrogen) atoms. The number of imide groups is 1. The topological polar surface area (TPSA) is 58.6 Å². The number of anilines is 1. The molecule has 0 saturated carbocycles. The molecule has 0 unspecified atom stereocenters. The highest BCUT2D eigenvalue weighted by atomic mass is 79.9. The molecule has 1 saturated heterocycles. The molecule has 2 amide bonds. The molecule has 1 atom stereocenters. The van der Waals surface area contributed by atoms with Gasteiger partial charge in [0.1, 0.15) is 5.82 Å². The van der Waals surface area contributed by atoms with Gasteiger partial charge >= 0.3 is 0 Å². The van der Waals surface area contributed by atoms with Crippen molar-refractivity contribution in [3.05, 3.63) is 70.5 Å². The van der Waals surface area contributed by atoms with Gasteiger partial charge in [-0.05, 0) is 48.0 Å². The van der Waals surface area contributed by atoms with Crippen molar-refractivity contribution in [3.63, 3.8) is 0 Å². The Balaban J connectivity index is 1.67. The van der Waals surface area contributed by atoms with Gasteiger partial charge in [0.15, 0.2) is 0 Å². The van der Waals surface area contributed by atoms with Gasteiger partial charge < -0.3 is 0 Å². The Morgan fingerprint density at radius 3 is 2.44 bits per heavy atom. The molecule has 2 aromatic rings. The van der Waals surface area contributed by atoms with Crippen LogP contribution in [-0.2, 0) is 14.4 Å². The van der Waals surface area contributed by atoms with Gasteiger partial charge in [-0.1, -0.05) is 28.1 Å². The number of nitrogens with zero attached hydrogens (tertiary/aromatic N) is 1. The van der Waals surface area contributed by atoms with Crippen LogP contribution in [0.1, 0.15) is 12.0 Å². The predicted octanol–water partition coefficient (Wildman–Crippen LogP) is 3.17. The Bertz CT molecular complexity index is 896. The van der Waals surface area contributed by atoms with E-state index in [1.165, 1.54) is 24.3 Å². The molecule has 2 aliphatic rings. The van der Waals surface area contributed by atoms with Crippen molar-refractivity contribution in [2.45, 2.75) is 12.0 Å². The average Bonchev–Trinajstić information content (AvgIpc) is 3.12. The molecule has 0 aromatic heterocycles. The third-order valence-corrected chi connectivity index (χ3v) is 4.72. The first-order valence-corrected chi connectivity index (χ1v) is 8.34. The maximum atomic E-state index is 13.1. The highest BCUT2D eigenvalue weighted by Gasteiger charge is 2.55. The molecule has 126 valence electrons. The summed E-state index contributed by atoms with van der Waals surface area (Å²) in [5.74, 6) is -1.33. The molecule has 2 aromatic carbocycles. The molecule has 2 heterocycles. The fourth-order valence-corrected chi connectivity index (χ4v) is 3.20. The normalized spacial score (nSPS) is 22.5. The number of carbonyl (C=O) groups excluding carboxylic acids is 2. The van der Waals surface area contributed by atoms with E-state index in [0.29, 0.717) is 11.4 Å². The van der Waals surface area contributed by atoms with Crippen LogP contribution in [0.5, 0.6) is 0 Å². The quantitative estimate of drug-likeness (QED) is 0.783. The summed E-state index contributed by atoms with van der Waals surface area (Å²) in [4.78, 5) is 31.8. The number of hydroxylamine groups is 1. The summed E-state index contributed by atoms with van der Waals surface area (Å²) in [6.07, 6.45) is 1.51. The minimum atomic E-state index is -1.38. The zero-order chi connectivity index (χ0) is 17.6. The van der Waals surface area contributed by atoms with Crippen LogP contribution in [0.3, 0.4) is 0 Å². The Hall–Kier alpha value is -2.51. The molecular formula is C18H12BrFN2O3. The fourth-order valence-electron chi connectivity index (χ4n) is 2.94. The summed E-state index contributed by atoms with van der Waals surface area (Å²) in [6.45, 7) is 0. The van der Waals surface area contributed by atoms with E-state index in [0.717, 1.165) is 14.9 Å². The molecule has 0 aliphatic carbocycles. The first-order chi connectivity index (χ1) is 12.0. The second kappa shape index (κ2) is 5.79. The second-order valence-electron chi connectivity index (χ2n) is 5.85. The van der Waals surface area contributed by atoms with Gasteiger partial charge in [0.05, 0.1) is 17.8 Å². The summed E-state index contributed by atoms with van der Waals surface area (Å²) in [6, 6.07) is 12.7. The van der Waals surface area contributed by atoms with Crippen LogP contribution in [0.15, 0.2) is 59.1 Å². The van der Waals surface area contributed by atoms with Gasteiger partial charge in [0.25, 0.3) is 5.91 Å². The summed E-state index contributed by atoms with van der Waals surface area (Å²) in [5, 5.41) is 0. The predicted molar refractivity (Wildman–Crippen MR) is 92.6 cm³/mol. The second-order valence-corrected chi connectivity index (χ2v) is 6.76. The number of hydrogen-bond donors (Lipinski definition) is 1. The van der Waals surface area contributed by atoms with E-state index in [1.807, 2.05) is 24.3 Å². The van der Waals surface area contributed by atoms with E-state index in [9.17, 15) is 14.0 Å². The maximum absolute atomic E-state index is 13.1. The molecule has 7 heteroatoms. The van der Waals surface area contributed by atoms with Crippen molar-refractivity contribution >= 4 is 39.1 Å². The molecular weight excluding hydrogens is 391 g/mol. The SMILES string of the molecule is O=C1C[C@@]2(C=C(c3ccc(Br)cc3)NO2)C(=O)N1c1ccc(F)cc1. The van der Waals surface area contributed by atoms with E-state index in [-0.39, 0.29) is 6.42 Å². The smallest absolute Gasteiger partial charge is 0.273 e. The molecule has 0 radical (unpaired) electrons. The van der Waals surface area contributed by atoms with Crippen LogP contribution in [-0.4, -0.2) is 17.4 Å². The van der Waals surface area contributed by atoms with Gasteiger partial charge in [-0.3, -0.25) is 19.9 Å². The summed E-state index contributed by atoms with van der Waals surface area (Å²) >= 11 is 3.37. The van der Waals surface area contributed by atoms with Crippen LogP contribution < -0.4 is 10.4 Å². The number of halogens is 2. The van der Waals surface area contributed by atoms with Crippen LogP contribution in [0.2, 0.25) is 0 Å². The van der Waals surface area contributed by atoms with Crippen molar-refractivity contribution in [2.75, 3.05) is 4.90 Å². The summed E-state index contributed by atoms with van der Waals surface area (Å²) in [5.41, 5.74) is 3.14. The van der Waals surface area contributed by atoms with Gasteiger partial charge in [-0.15, -0.1) is 0 Å². The molecule has 0 bridgehead atoms. The van der Waals surface area contributed by atoms with Gasteiger partial charge in [-0.2, -0.15) is 0 Å². The van der Waals surface area contributed by atoms with E-state index in [1.54, 1.807) is 6.08 Å². The first kappa shape index (κ1) is 16.0. The van der Waals surface area contributed by atoms with Crippen LogP contribution in [0, 0.1) is 5.82 Å². The van der Waals surface area contributed by atoms with Crippen LogP contribution in [0.25, 0.3) is 5.70 Å². The van der Waals surface area contributed by atoms with Crippen LogP contribution >= 0.6 is 15.9 Å². The monoisotopic (exact) mass is 402 g/mol. The molecule has 2 aliphatic heterocycles. The van der Waals surface area contributed by atoms with Crippen LogP contribution in [0.4, 0.5) is 10.1 Å². The third kappa shape index (κ3) is 2.65. The zero-order valence-corrected chi connectivity index (χ0v) is 14.4. The van der Waals surface area contributed by atoms with Crippen molar-refractivity contribution < 1.29 is 18.8 Å². The molecule has 5 nitrogen and oxygen atoms in total. The number of amides is 2. The largest absolute Gasteiger partial charge is 0.274 e. The van der Waals surface area contributed by atoms with Crippen molar-refractivity contribution in [1.29, 1.82) is 0 Å². The number of nitrogens with one attached hydrogen (secondary N) is 1. The number of benzene rings is 2. The fraction of sp³-hybridized carbons (Fsp3) is 0.111. The third-order valence-electron chi connectivity index (χ3n) is 4.19. The Labute approximate surface area is 151 Å². The standard InChI is InChI=1S/C18H12BrFN2O3/c19-12-3-1-11(2-4-12)15-9-18(25-21-15)10-16(23)22(17(18)24)14-7-5-13(20)6-8-14/h1-9,21H,10H2/t18-/m0/s1. The van der Waals surface area contributed by atoms with E-state index in [2.05, 4.69) is 21.4 Å². The Morgan fingerprint density at radius 2 is 1.76 bits per heavy atom. The first-order valence-electron chi connectivity index (χ1n) is 7.54. The zero-order valence-electron chi connectivity index (χ0n) is 12.8. The van der Waals surface area contributed by atoms with E-state index >= 15 is 0 Å². The highest BCUT2D eigenvalue weighted by molar-refractivity contribution is 9.10. The number of rotatable bonds is 2. The van der Waals surface area contributed by atoms with Gasteiger partial charge in [0, 0.05) is 4.47 Å². The average molecular weight is 403 g/mol. The molecule has 4 rings (SSSR count). The molecule has 1 fully saturated rings. The van der Waals surface area contributed by atoms with Crippen molar-refractivity contribution in [3.8, 4) is 0 Å². The minimum Gasteiger partial charge on any atom is -0.274 e. The minimum absolute atomic E-state index is 0.115. The van der Waals surface area contributed by atoms with Gasteiger partial charge in [0.2, 0.25) is 11.5 Å². The van der Waals surface area contributed by atoms with Crippen molar-refractivity contribution in [2.24, 2.45) is 0 Å². The van der Waals surface area contributed by atoms with Gasteiger partial charge in [-0.25, -0.2) is 9.29 Å². The number of carbonyl (C=O) groups is 2. The lowest BCUT2D eigenvalue weighted by Gasteiger charge is -2.18. The molecule has 1 N–H and O–H groups in total. The molecule has 1 spiro atoms. The lowest BCUT2D eigenvalue weighted by Crippen LogP contribution is -2.40. The summed E-state index contributed by atoms with van der Waals surface area (Å²) in [7, 11) is 0.